The van der Waals surface area contributed by atoms with Crippen LogP contribution in [-0.2, 0) is 6.54 Å². The monoisotopic (exact) mass is 338 g/mol. The zero-order valence-electron chi connectivity index (χ0n) is 11.4. The van der Waals surface area contributed by atoms with Crippen molar-refractivity contribution in [2.45, 2.75) is 26.4 Å². The highest BCUT2D eigenvalue weighted by Crippen LogP contribution is 2.26. The molecule has 0 atom stereocenters. The van der Waals surface area contributed by atoms with Crippen molar-refractivity contribution in [1.82, 2.24) is 10.3 Å². The molecule has 0 saturated carbocycles. The molecule has 1 aromatic carbocycles. The van der Waals surface area contributed by atoms with Gasteiger partial charge < -0.3 is 10.1 Å². The summed E-state index contributed by atoms with van der Waals surface area (Å²) < 4.78 is 19.2. The minimum atomic E-state index is -0.314. The largest absolute Gasteiger partial charge is 0.456 e. The predicted octanol–water partition coefficient (Wildman–Crippen LogP) is 4.27. The van der Waals surface area contributed by atoms with Crippen molar-refractivity contribution in [3.05, 3.63) is 52.5 Å². The van der Waals surface area contributed by atoms with E-state index in [9.17, 15) is 4.39 Å². The summed E-state index contributed by atoms with van der Waals surface area (Å²) in [4.78, 5) is 4.15. The molecule has 0 saturated heterocycles. The smallest absolute Gasteiger partial charge is 0.146 e. The Balaban J connectivity index is 2.08. The van der Waals surface area contributed by atoms with E-state index in [1.165, 1.54) is 6.07 Å². The van der Waals surface area contributed by atoms with Crippen LogP contribution >= 0.6 is 15.9 Å². The van der Waals surface area contributed by atoms with E-state index in [1.54, 1.807) is 24.5 Å². The van der Waals surface area contributed by atoms with Crippen LogP contribution in [0.4, 0.5) is 4.39 Å². The Hall–Kier alpha value is -1.46. The van der Waals surface area contributed by atoms with Gasteiger partial charge in [-0.2, -0.15) is 0 Å². The van der Waals surface area contributed by atoms with E-state index in [1.807, 2.05) is 6.07 Å². The molecule has 0 amide bonds. The van der Waals surface area contributed by atoms with Crippen LogP contribution in [0, 0.1) is 5.82 Å². The molecule has 0 bridgehead atoms. The first-order valence-electron chi connectivity index (χ1n) is 6.35. The van der Waals surface area contributed by atoms with Crippen molar-refractivity contribution in [2.24, 2.45) is 0 Å². The fourth-order valence-corrected chi connectivity index (χ4v) is 1.97. The quantitative estimate of drug-likeness (QED) is 0.883. The summed E-state index contributed by atoms with van der Waals surface area (Å²) in [5, 5.41) is 3.32. The molecule has 0 unspecified atom stereocenters. The summed E-state index contributed by atoms with van der Waals surface area (Å²) in [5.74, 6) is 0.881. The lowest BCUT2D eigenvalue weighted by atomic mass is 10.2. The zero-order chi connectivity index (χ0) is 14.5. The second-order valence-electron chi connectivity index (χ2n) is 4.74. The molecule has 0 spiro atoms. The van der Waals surface area contributed by atoms with Gasteiger partial charge in [0.05, 0.1) is 10.7 Å². The minimum absolute atomic E-state index is 0.314. The second-order valence-corrected chi connectivity index (χ2v) is 5.60. The molecule has 2 aromatic rings. The van der Waals surface area contributed by atoms with Crippen LogP contribution in [0.5, 0.6) is 11.5 Å². The van der Waals surface area contributed by atoms with E-state index in [4.69, 9.17) is 4.74 Å². The molecular weight excluding hydrogens is 323 g/mol. The molecule has 0 aliphatic carbocycles. The summed E-state index contributed by atoms with van der Waals surface area (Å²) in [7, 11) is 0. The molecule has 106 valence electrons. The van der Waals surface area contributed by atoms with Gasteiger partial charge in [-0.25, -0.2) is 4.39 Å². The lowest BCUT2D eigenvalue weighted by Gasteiger charge is -2.10. The number of rotatable bonds is 5. The summed E-state index contributed by atoms with van der Waals surface area (Å²) in [6.07, 6.45) is 3.43. The van der Waals surface area contributed by atoms with Gasteiger partial charge in [0.25, 0.3) is 0 Å². The molecule has 5 heteroatoms. The van der Waals surface area contributed by atoms with Crippen molar-refractivity contribution in [3.8, 4) is 11.5 Å². The SMILES string of the molecule is CC(C)NCc1cncc(Oc2ccc(F)c(Br)c2)c1. The normalized spacial score (nSPS) is 10.8. The summed E-state index contributed by atoms with van der Waals surface area (Å²) in [6.45, 7) is 4.91. The van der Waals surface area contributed by atoms with Crippen LogP contribution in [-0.4, -0.2) is 11.0 Å². The number of halogens is 2. The Bertz CT molecular complexity index is 590. The molecule has 1 N–H and O–H groups in total. The van der Waals surface area contributed by atoms with Crippen molar-refractivity contribution in [1.29, 1.82) is 0 Å². The Kier molecular flexibility index (Phi) is 5.09. The molecule has 0 aliphatic heterocycles. The van der Waals surface area contributed by atoms with E-state index >= 15 is 0 Å². The van der Waals surface area contributed by atoms with E-state index in [-0.39, 0.29) is 5.82 Å². The average molecular weight is 339 g/mol. The molecule has 3 nitrogen and oxygen atoms in total. The van der Waals surface area contributed by atoms with Crippen LogP contribution in [0.1, 0.15) is 19.4 Å². The standard InChI is InChI=1S/C15H16BrFN2O/c1-10(2)19-8-11-5-13(9-18-7-11)20-12-3-4-15(17)14(16)6-12/h3-7,9-10,19H,8H2,1-2H3. The number of ether oxygens (including phenoxy) is 1. The van der Waals surface area contributed by atoms with Crippen molar-refractivity contribution >= 4 is 15.9 Å². The van der Waals surface area contributed by atoms with Crippen molar-refractivity contribution < 1.29 is 9.13 Å². The second kappa shape index (κ2) is 6.81. The molecule has 1 aromatic heterocycles. The highest BCUT2D eigenvalue weighted by molar-refractivity contribution is 9.10. The number of hydrogen-bond donors (Lipinski definition) is 1. The number of pyridine rings is 1. The predicted molar refractivity (Wildman–Crippen MR) is 80.4 cm³/mol. The van der Waals surface area contributed by atoms with Gasteiger partial charge in [-0.05, 0) is 45.8 Å². The molecule has 2 rings (SSSR count). The van der Waals surface area contributed by atoms with Crippen LogP contribution in [0.2, 0.25) is 0 Å². The highest BCUT2D eigenvalue weighted by atomic mass is 79.9. The maximum Gasteiger partial charge on any atom is 0.146 e. The minimum Gasteiger partial charge on any atom is -0.456 e. The Labute approximate surface area is 126 Å². The van der Waals surface area contributed by atoms with Crippen LogP contribution < -0.4 is 10.1 Å². The van der Waals surface area contributed by atoms with Crippen LogP contribution in [0.25, 0.3) is 0 Å². The Morgan fingerprint density at radius 1 is 1.25 bits per heavy atom. The van der Waals surface area contributed by atoms with Crippen LogP contribution in [0.15, 0.2) is 41.1 Å². The Morgan fingerprint density at radius 2 is 2.05 bits per heavy atom. The van der Waals surface area contributed by atoms with Gasteiger partial charge >= 0.3 is 0 Å². The summed E-state index contributed by atoms with van der Waals surface area (Å²) in [6, 6.07) is 6.86. The third-order valence-electron chi connectivity index (χ3n) is 2.61. The zero-order valence-corrected chi connectivity index (χ0v) is 12.9. The maximum atomic E-state index is 13.2. The number of aromatic nitrogens is 1. The van der Waals surface area contributed by atoms with Gasteiger partial charge in [-0.15, -0.1) is 0 Å². The fourth-order valence-electron chi connectivity index (χ4n) is 1.61. The first kappa shape index (κ1) is 14.9. The van der Waals surface area contributed by atoms with Crippen molar-refractivity contribution in [3.63, 3.8) is 0 Å². The highest BCUT2D eigenvalue weighted by Gasteiger charge is 2.04. The number of benzene rings is 1. The molecule has 0 aliphatic rings. The van der Waals surface area contributed by atoms with E-state index < -0.39 is 0 Å². The van der Waals surface area contributed by atoms with Gasteiger partial charge in [0, 0.05) is 18.8 Å². The van der Waals surface area contributed by atoms with E-state index in [0.29, 0.717) is 22.0 Å². The molecule has 1 heterocycles. The third-order valence-corrected chi connectivity index (χ3v) is 3.22. The lowest BCUT2D eigenvalue weighted by molar-refractivity contribution is 0.475. The molecule has 0 radical (unpaired) electrons. The van der Waals surface area contributed by atoms with Crippen molar-refractivity contribution in [2.75, 3.05) is 0 Å². The van der Waals surface area contributed by atoms with Gasteiger partial charge in [0.15, 0.2) is 0 Å². The fraction of sp³-hybridized carbons (Fsp3) is 0.267. The number of nitrogens with one attached hydrogen (secondary N) is 1. The summed E-state index contributed by atoms with van der Waals surface area (Å²) >= 11 is 3.13. The van der Waals surface area contributed by atoms with Gasteiger partial charge in [0.1, 0.15) is 17.3 Å². The average Bonchev–Trinajstić information content (AvgIpc) is 2.41. The van der Waals surface area contributed by atoms with Gasteiger partial charge in [0.2, 0.25) is 0 Å². The van der Waals surface area contributed by atoms with E-state index in [0.717, 1.165) is 12.1 Å². The third kappa shape index (κ3) is 4.28. The first-order valence-corrected chi connectivity index (χ1v) is 7.14. The Morgan fingerprint density at radius 3 is 2.75 bits per heavy atom. The van der Waals surface area contributed by atoms with Gasteiger partial charge in [-0.3, -0.25) is 4.98 Å². The molecule has 0 fully saturated rings. The molecular formula is C15H16BrFN2O. The topological polar surface area (TPSA) is 34.2 Å². The molecule has 20 heavy (non-hydrogen) atoms. The summed E-state index contributed by atoms with van der Waals surface area (Å²) in [5.41, 5.74) is 1.04. The first-order chi connectivity index (χ1) is 9.54. The number of nitrogens with zero attached hydrogens (tertiary/aromatic N) is 1. The van der Waals surface area contributed by atoms with Crippen LogP contribution in [0.3, 0.4) is 0 Å². The lowest BCUT2D eigenvalue weighted by Crippen LogP contribution is -2.21. The van der Waals surface area contributed by atoms with Gasteiger partial charge in [-0.1, -0.05) is 13.8 Å². The number of hydrogen-bond acceptors (Lipinski definition) is 3. The maximum absolute atomic E-state index is 13.2. The van der Waals surface area contributed by atoms with E-state index in [2.05, 4.69) is 40.1 Å².